The number of aromatic nitrogens is 11. The molecule has 2 unspecified atom stereocenters. The molecule has 426 valence electrons. The molecule has 2 fully saturated rings. The Morgan fingerprint density at radius 3 is 1.45 bits per heavy atom. The lowest BCUT2D eigenvalue weighted by Crippen LogP contribution is -2.39. The lowest BCUT2D eigenvalue weighted by molar-refractivity contribution is -0.127. The van der Waals surface area contributed by atoms with Crippen molar-refractivity contribution in [2.24, 2.45) is 0 Å². The summed E-state index contributed by atoms with van der Waals surface area (Å²) in [7, 11) is -7.10. The summed E-state index contributed by atoms with van der Waals surface area (Å²) in [6.07, 6.45) is 2.77. The molecule has 2 atom stereocenters. The van der Waals surface area contributed by atoms with Gasteiger partial charge in [0.25, 0.3) is 28.8 Å². The third kappa shape index (κ3) is 21.4. The summed E-state index contributed by atoms with van der Waals surface area (Å²) in [5, 5.41) is 31.6. The van der Waals surface area contributed by atoms with Crippen molar-refractivity contribution in [3.63, 3.8) is 0 Å². The number of aromatic hydroxyl groups is 2. The van der Waals surface area contributed by atoms with Crippen LogP contribution in [0, 0.1) is 0 Å². The van der Waals surface area contributed by atoms with Gasteiger partial charge in [0.15, 0.2) is 0 Å². The van der Waals surface area contributed by atoms with E-state index in [4.69, 9.17) is 5.11 Å². The molecule has 27 nitrogen and oxygen atoms in total. The van der Waals surface area contributed by atoms with Crippen molar-refractivity contribution in [1.29, 1.82) is 0 Å². The number of nitrogens with zero attached hydrogens (tertiary/aromatic N) is 8. The normalized spacial score (nSPS) is 17.3. The van der Waals surface area contributed by atoms with E-state index in [1.165, 1.54) is 35.6 Å². The highest BCUT2D eigenvalue weighted by atomic mass is 32.2. The molecule has 31 heteroatoms. The Hall–Kier alpha value is -5.76. The maximum atomic E-state index is 11.2. The molecule has 7 heterocycles. The van der Waals surface area contributed by atoms with E-state index in [0.717, 1.165) is 30.8 Å². The summed E-state index contributed by atoms with van der Waals surface area (Å²) in [6.45, 7) is 39.8. The average Bonchev–Trinajstić information content (AvgIpc) is 4.08. The van der Waals surface area contributed by atoms with Crippen LogP contribution in [0.25, 0.3) is 0 Å². The second-order valence-electron chi connectivity index (χ2n) is 22.6. The van der Waals surface area contributed by atoms with Gasteiger partial charge in [-0.1, -0.05) is 84.2 Å². The minimum absolute atomic E-state index is 0.00919. The summed E-state index contributed by atoms with van der Waals surface area (Å²) >= 11 is 2.39. The third-order valence-electron chi connectivity index (χ3n) is 9.60. The van der Waals surface area contributed by atoms with Gasteiger partial charge in [-0.25, -0.2) is 23.6 Å². The van der Waals surface area contributed by atoms with Crippen LogP contribution in [0.15, 0.2) is 37.6 Å². The van der Waals surface area contributed by atoms with Crippen molar-refractivity contribution >= 4 is 55.3 Å². The number of nitrogens with one attached hydrogen (secondary N) is 7. The van der Waals surface area contributed by atoms with Crippen LogP contribution in [0.4, 0.5) is 0 Å². The summed E-state index contributed by atoms with van der Waals surface area (Å²) in [6, 6.07) is -0.0682. The zero-order valence-electron chi connectivity index (χ0n) is 46.7. The van der Waals surface area contributed by atoms with Gasteiger partial charge in [0, 0.05) is 45.4 Å². The predicted molar refractivity (Wildman–Crippen MR) is 288 cm³/mol. The van der Waals surface area contributed by atoms with Crippen LogP contribution < -0.4 is 31.1 Å². The number of carbonyl (C=O) groups excluding carboxylic acids is 2. The fourth-order valence-corrected chi connectivity index (χ4v) is 10.4. The highest BCUT2D eigenvalue weighted by Gasteiger charge is 2.43. The SMILES string of the molecule is CC(C)(C)c1[nH]c(=O)[nH]c1O.CC(C)(C)c1cc(=O)[nH]s1.CC(C)(C)c1nsc(=O)[nH]1.CC(C)(C)n1cc(O)nn1.CC(C)(C)n1ncc(=O)[nH]1.CC(C)N1C(C)C(=O)NS1(=O)=O.CC1NS(=O)(=O)N(C(C)C)C1=O. The minimum atomic E-state index is -3.55. The fourth-order valence-electron chi connectivity index (χ4n) is 5.80. The van der Waals surface area contributed by atoms with Crippen LogP contribution in [0.1, 0.15) is 162 Å². The predicted octanol–water partition coefficient (Wildman–Crippen LogP) is 3.55. The molecule has 0 aromatic carbocycles. The molecule has 0 radical (unpaired) electrons. The summed E-state index contributed by atoms with van der Waals surface area (Å²) < 4.78 is 59.3. The average molecular weight is 1140 g/mol. The van der Waals surface area contributed by atoms with E-state index in [0.29, 0.717) is 5.69 Å². The monoisotopic (exact) mass is 1140 g/mol. The molecular formula is C44H79N15O12S4. The van der Waals surface area contributed by atoms with Crippen LogP contribution in [0.5, 0.6) is 11.8 Å². The highest BCUT2D eigenvalue weighted by molar-refractivity contribution is 7.88. The maximum Gasteiger partial charge on any atom is 0.325 e. The van der Waals surface area contributed by atoms with Crippen LogP contribution in [0.3, 0.4) is 0 Å². The lowest BCUT2D eigenvalue weighted by Gasteiger charge is -2.20. The van der Waals surface area contributed by atoms with Crippen LogP contribution >= 0.6 is 23.1 Å². The number of rotatable bonds is 2. The van der Waals surface area contributed by atoms with E-state index >= 15 is 0 Å². The first-order valence-corrected chi connectivity index (χ1v) is 27.8. The molecule has 75 heavy (non-hydrogen) atoms. The van der Waals surface area contributed by atoms with Crippen molar-refractivity contribution in [3.05, 3.63) is 75.7 Å². The lowest BCUT2D eigenvalue weighted by atomic mass is 9.93. The van der Waals surface area contributed by atoms with Gasteiger partial charge in [-0.2, -0.15) is 40.1 Å². The summed E-state index contributed by atoms with van der Waals surface area (Å²) in [4.78, 5) is 74.8. The van der Waals surface area contributed by atoms with E-state index in [1.807, 2.05) is 87.8 Å². The topological polar surface area (TPSA) is 382 Å². The first-order chi connectivity index (χ1) is 33.6. The largest absolute Gasteiger partial charge is 0.493 e. The molecule has 2 amide bonds. The van der Waals surface area contributed by atoms with Gasteiger partial charge in [0.05, 0.1) is 23.0 Å². The first-order valence-electron chi connectivity index (χ1n) is 23.4. The maximum absolute atomic E-state index is 11.2. The van der Waals surface area contributed by atoms with E-state index in [1.54, 1.807) is 45.4 Å². The number of carbonyl (C=O) groups is 2. The number of imidazole rings is 1. The smallest absolute Gasteiger partial charge is 0.325 e. The number of amides is 2. The zero-order chi connectivity index (χ0) is 58.8. The van der Waals surface area contributed by atoms with Crippen molar-refractivity contribution in [1.82, 2.24) is 71.7 Å². The van der Waals surface area contributed by atoms with Gasteiger partial charge in [-0.05, 0) is 88.5 Å². The number of hydrogen-bond donors (Lipinski definition) is 9. The first kappa shape index (κ1) is 67.3. The van der Waals surface area contributed by atoms with Crippen molar-refractivity contribution in [3.8, 4) is 11.8 Å². The van der Waals surface area contributed by atoms with E-state index < -0.39 is 38.4 Å². The summed E-state index contributed by atoms with van der Waals surface area (Å²) in [5.41, 5.74) is -0.386. The molecule has 0 spiro atoms. The molecule has 9 N–H and O–H groups in total. The Morgan fingerprint density at radius 2 is 1.27 bits per heavy atom. The third-order valence-corrected chi connectivity index (χ3v) is 14.9. The molecular weight excluding hydrogens is 1060 g/mol. The Labute approximate surface area is 446 Å². The van der Waals surface area contributed by atoms with Gasteiger partial charge in [-0.15, -0.1) is 0 Å². The molecule has 0 saturated carbocycles. The van der Waals surface area contributed by atoms with Gasteiger partial charge in [0.2, 0.25) is 5.88 Å². The molecule has 7 rings (SSSR count). The standard InChI is InChI=1S/C7H12N2O2.C7H11NOS.2C6H11N3O.2C6H12N2O3S.C6H10N2OS/c1-7(2,3)4-5(10)9-6(11)8-4;1-7(2,3)5-4-6(9)8-10-5;1-6(2,3)9-4-5(10)7-8-9;1-6(2,3)9-7-4-5(10)8-9;1-4(2)8-5(3)6(9)7-12(8,10)11;1-4(2)8-6(9)5(3)7-12(8,10)11;1-6(2,3)4-7-5(9)10-8-4/h10H,1-3H3,(H2,8,9,11);4H,1-3H3,(H,8,9);4,10H,1-3H3;4H,1-3H3,(H,8,10);4-5H,1-3H3,(H,7,9);4-5,7H,1-3H3;1-3H3,(H,7,8,9). The second-order valence-corrected chi connectivity index (χ2v) is 27.4. The Bertz CT molecular complexity index is 2930. The molecule has 0 aliphatic carbocycles. The fraction of sp³-hybridized carbons (Fsp3) is 0.682. The second kappa shape index (κ2) is 25.9. The number of H-pyrrole nitrogens is 5. The molecule has 2 aliphatic rings. The van der Waals surface area contributed by atoms with E-state index in [2.05, 4.69) is 69.7 Å². The number of hydrogen-bond acceptors (Lipinski definition) is 18. The van der Waals surface area contributed by atoms with Crippen LogP contribution in [0.2, 0.25) is 0 Å². The zero-order valence-corrected chi connectivity index (χ0v) is 50.0. The Kier molecular flexibility index (Phi) is 23.2. The Balaban J connectivity index is 0.000000438. The molecule has 5 aromatic rings. The van der Waals surface area contributed by atoms with Crippen molar-refractivity contribution in [2.45, 2.75) is 197 Å². The van der Waals surface area contributed by atoms with Crippen molar-refractivity contribution in [2.75, 3.05) is 0 Å². The highest BCUT2D eigenvalue weighted by Crippen LogP contribution is 2.25. The van der Waals surface area contributed by atoms with Crippen LogP contribution in [-0.2, 0) is 57.3 Å². The van der Waals surface area contributed by atoms with Crippen LogP contribution in [-0.4, -0.2) is 125 Å². The van der Waals surface area contributed by atoms with Gasteiger partial charge in [0.1, 0.15) is 24.1 Å². The minimum Gasteiger partial charge on any atom is -0.493 e. The molecule has 5 aromatic heterocycles. The molecule has 0 bridgehead atoms. The molecule has 2 aliphatic heterocycles. The quantitative estimate of drug-likeness (QED) is 0.122. The van der Waals surface area contributed by atoms with Gasteiger partial charge < -0.3 is 15.2 Å². The molecule has 2 saturated heterocycles. The number of aromatic amines is 5. The van der Waals surface area contributed by atoms with Gasteiger partial charge >= 0.3 is 31.0 Å². The summed E-state index contributed by atoms with van der Waals surface area (Å²) in [5.74, 6) is -0.173. The van der Waals surface area contributed by atoms with Gasteiger partial charge in [-0.3, -0.25) is 38.3 Å². The van der Waals surface area contributed by atoms with Crippen molar-refractivity contribution < 1.29 is 36.6 Å². The van der Waals surface area contributed by atoms with E-state index in [-0.39, 0.29) is 78.8 Å². The van der Waals surface area contributed by atoms with E-state index in [9.17, 15) is 50.7 Å². The Morgan fingerprint density at radius 1 is 0.707 bits per heavy atom.